The van der Waals surface area contributed by atoms with E-state index in [9.17, 15) is 22.4 Å². The summed E-state index contributed by atoms with van der Waals surface area (Å²) >= 11 is 5.84. The predicted octanol–water partition coefficient (Wildman–Crippen LogP) is 4.31. The molecule has 0 aliphatic rings. The Hall–Kier alpha value is -3.08. The van der Waals surface area contributed by atoms with Crippen molar-refractivity contribution in [2.24, 2.45) is 0 Å². The van der Waals surface area contributed by atoms with Crippen LogP contribution in [0.15, 0.2) is 30.6 Å². The molecule has 3 rings (SSSR count). The van der Waals surface area contributed by atoms with Gasteiger partial charge in [0.25, 0.3) is 11.9 Å². The molecule has 7 nitrogen and oxygen atoms in total. The number of carbonyl (C=O) groups excluding carboxylic acids is 1. The highest BCUT2D eigenvalue weighted by Crippen LogP contribution is 2.36. The molecule has 0 aliphatic carbocycles. The minimum Gasteiger partial charge on any atom is -0.344 e. The summed E-state index contributed by atoms with van der Waals surface area (Å²) in [5.74, 6) is -1.30. The second-order valence-electron chi connectivity index (χ2n) is 6.64. The van der Waals surface area contributed by atoms with Crippen LogP contribution in [0.5, 0.6) is 0 Å². The van der Waals surface area contributed by atoms with Crippen LogP contribution in [0, 0.1) is 5.82 Å². The largest absolute Gasteiger partial charge is 0.417 e. The number of hydrogen-bond donors (Lipinski definition) is 1. The van der Waals surface area contributed by atoms with Crippen molar-refractivity contribution in [3.05, 3.63) is 63.9 Å². The van der Waals surface area contributed by atoms with E-state index in [1.807, 2.05) is 6.92 Å². The SMILES string of the molecule is CCCc1c([C@@H](C)NC(=O)c2cccc(C(F)(F)F)c2Cl)nnn1-c1ncc(F)cn1. The Morgan fingerprint density at radius 1 is 1.26 bits per heavy atom. The maximum absolute atomic E-state index is 13.1. The molecule has 0 spiro atoms. The van der Waals surface area contributed by atoms with E-state index >= 15 is 0 Å². The summed E-state index contributed by atoms with van der Waals surface area (Å²) in [5, 5.41) is 9.98. The molecule has 3 aromatic rings. The van der Waals surface area contributed by atoms with Crippen LogP contribution in [-0.2, 0) is 12.6 Å². The van der Waals surface area contributed by atoms with Crippen LogP contribution in [-0.4, -0.2) is 30.9 Å². The van der Waals surface area contributed by atoms with E-state index in [1.165, 1.54) is 10.7 Å². The normalized spacial score (nSPS) is 12.6. The van der Waals surface area contributed by atoms with Crippen molar-refractivity contribution < 1.29 is 22.4 Å². The summed E-state index contributed by atoms with van der Waals surface area (Å²) in [6.45, 7) is 3.52. The van der Waals surface area contributed by atoms with Gasteiger partial charge in [-0.1, -0.05) is 36.2 Å². The third kappa shape index (κ3) is 4.82. The van der Waals surface area contributed by atoms with E-state index in [0.29, 0.717) is 24.2 Å². The van der Waals surface area contributed by atoms with Crippen molar-refractivity contribution >= 4 is 17.5 Å². The van der Waals surface area contributed by atoms with Gasteiger partial charge in [0.2, 0.25) is 0 Å². The monoisotopic (exact) mass is 456 g/mol. The van der Waals surface area contributed by atoms with Crippen LogP contribution in [0.3, 0.4) is 0 Å². The van der Waals surface area contributed by atoms with Crippen LogP contribution >= 0.6 is 11.6 Å². The molecule has 0 radical (unpaired) electrons. The number of rotatable bonds is 6. The highest BCUT2D eigenvalue weighted by Gasteiger charge is 2.35. The molecule has 2 aromatic heterocycles. The van der Waals surface area contributed by atoms with E-state index < -0.39 is 34.5 Å². The molecule has 2 heterocycles. The maximum atomic E-state index is 13.1. The topological polar surface area (TPSA) is 85.6 Å². The maximum Gasteiger partial charge on any atom is 0.417 e. The minimum atomic E-state index is -4.69. The molecule has 0 unspecified atom stereocenters. The fraction of sp³-hybridized carbons (Fsp3) is 0.316. The molecule has 1 N–H and O–H groups in total. The van der Waals surface area contributed by atoms with Gasteiger partial charge in [-0.05, 0) is 25.5 Å². The van der Waals surface area contributed by atoms with Crippen molar-refractivity contribution in [2.75, 3.05) is 0 Å². The van der Waals surface area contributed by atoms with Crippen molar-refractivity contribution in [3.63, 3.8) is 0 Å². The lowest BCUT2D eigenvalue weighted by Crippen LogP contribution is -2.28. The zero-order valence-corrected chi connectivity index (χ0v) is 17.2. The fourth-order valence-electron chi connectivity index (χ4n) is 2.96. The van der Waals surface area contributed by atoms with Gasteiger partial charge in [0.15, 0.2) is 5.82 Å². The number of nitrogens with one attached hydrogen (secondary N) is 1. The third-order valence-corrected chi connectivity index (χ3v) is 4.79. The Bertz CT molecular complexity index is 1080. The highest BCUT2D eigenvalue weighted by molar-refractivity contribution is 6.34. The van der Waals surface area contributed by atoms with Crippen LogP contribution < -0.4 is 5.32 Å². The number of nitrogens with zero attached hydrogens (tertiary/aromatic N) is 5. The first-order valence-electron chi connectivity index (χ1n) is 9.22. The molecule has 1 aromatic carbocycles. The second-order valence-corrected chi connectivity index (χ2v) is 7.02. The first-order chi connectivity index (χ1) is 14.6. The number of halogens is 5. The first kappa shape index (κ1) is 22.6. The van der Waals surface area contributed by atoms with E-state index in [2.05, 4.69) is 25.6 Å². The fourth-order valence-corrected chi connectivity index (χ4v) is 3.28. The number of benzene rings is 1. The van der Waals surface area contributed by atoms with E-state index in [4.69, 9.17) is 11.6 Å². The van der Waals surface area contributed by atoms with Gasteiger partial charge in [-0.25, -0.2) is 14.4 Å². The lowest BCUT2D eigenvalue weighted by atomic mass is 10.1. The molecule has 31 heavy (non-hydrogen) atoms. The van der Waals surface area contributed by atoms with Crippen LogP contribution in [0.2, 0.25) is 5.02 Å². The van der Waals surface area contributed by atoms with Gasteiger partial charge in [0, 0.05) is 0 Å². The number of alkyl halides is 3. The molecule has 1 atom stereocenters. The van der Waals surface area contributed by atoms with Gasteiger partial charge in [-0.2, -0.15) is 17.9 Å². The molecule has 12 heteroatoms. The molecule has 0 fully saturated rings. The smallest absolute Gasteiger partial charge is 0.344 e. The van der Waals surface area contributed by atoms with E-state index in [1.54, 1.807) is 6.92 Å². The number of aromatic nitrogens is 5. The van der Waals surface area contributed by atoms with E-state index in [-0.39, 0.29) is 11.5 Å². The molecule has 0 saturated carbocycles. The third-order valence-electron chi connectivity index (χ3n) is 4.38. The van der Waals surface area contributed by atoms with Crippen molar-refractivity contribution in [3.8, 4) is 5.95 Å². The predicted molar refractivity (Wildman–Crippen MR) is 103 cm³/mol. The van der Waals surface area contributed by atoms with Gasteiger partial charge < -0.3 is 5.32 Å². The van der Waals surface area contributed by atoms with Gasteiger partial charge in [0.05, 0.1) is 40.3 Å². The molecular weight excluding hydrogens is 440 g/mol. The number of carbonyl (C=O) groups is 1. The molecule has 0 bridgehead atoms. The van der Waals surface area contributed by atoms with Gasteiger partial charge >= 0.3 is 6.18 Å². The average Bonchev–Trinajstić information content (AvgIpc) is 3.12. The zero-order valence-electron chi connectivity index (χ0n) is 16.4. The van der Waals surface area contributed by atoms with Gasteiger partial charge in [-0.3, -0.25) is 4.79 Å². The van der Waals surface area contributed by atoms with Crippen molar-refractivity contribution in [2.45, 2.75) is 38.9 Å². The van der Waals surface area contributed by atoms with Crippen LogP contribution in [0.1, 0.15) is 53.6 Å². The summed E-state index contributed by atoms with van der Waals surface area (Å²) in [6.07, 6.45) is -1.53. The van der Waals surface area contributed by atoms with Gasteiger partial charge in [0.1, 0.15) is 5.69 Å². The zero-order chi connectivity index (χ0) is 22.8. The lowest BCUT2D eigenvalue weighted by molar-refractivity contribution is -0.137. The Labute approximate surface area is 179 Å². The second kappa shape index (κ2) is 8.96. The quantitative estimate of drug-likeness (QED) is 0.558. The Morgan fingerprint density at radius 3 is 2.55 bits per heavy atom. The van der Waals surface area contributed by atoms with Crippen molar-refractivity contribution in [1.29, 1.82) is 0 Å². The molecule has 0 saturated heterocycles. The minimum absolute atomic E-state index is 0.100. The summed E-state index contributed by atoms with van der Waals surface area (Å²) in [6, 6.07) is 2.40. The highest BCUT2D eigenvalue weighted by atomic mass is 35.5. The standard InChI is InChI=1S/C19H17ClF4N6O/c1-3-5-14-16(28-29-30(14)18-25-8-11(21)9-26-18)10(2)27-17(31)12-6-4-7-13(15(12)20)19(22,23)24/h4,6-10H,3,5H2,1-2H3,(H,27,31)/t10-/m1/s1. The molecule has 164 valence electrons. The average molecular weight is 457 g/mol. The lowest BCUT2D eigenvalue weighted by Gasteiger charge is -2.16. The Morgan fingerprint density at radius 2 is 1.94 bits per heavy atom. The van der Waals surface area contributed by atoms with Gasteiger partial charge in [-0.15, -0.1) is 5.10 Å². The summed E-state index contributed by atoms with van der Waals surface area (Å²) in [7, 11) is 0. The Kier molecular flexibility index (Phi) is 6.54. The molecular formula is C19H17ClF4N6O. The first-order valence-corrected chi connectivity index (χ1v) is 9.60. The molecule has 0 aliphatic heterocycles. The number of hydrogen-bond acceptors (Lipinski definition) is 5. The summed E-state index contributed by atoms with van der Waals surface area (Å²) < 4.78 is 53.7. The van der Waals surface area contributed by atoms with Crippen LogP contribution in [0.25, 0.3) is 5.95 Å². The van der Waals surface area contributed by atoms with E-state index in [0.717, 1.165) is 24.5 Å². The number of amides is 1. The molecule has 1 amide bonds. The van der Waals surface area contributed by atoms with Crippen molar-refractivity contribution in [1.82, 2.24) is 30.3 Å². The van der Waals surface area contributed by atoms with Crippen LogP contribution in [0.4, 0.5) is 17.6 Å². The summed E-state index contributed by atoms with van der Waals surface area (Å²) in [5.41, 5.74) is -0.446. The summed E-state index contributed by atoms with van der Waals surface area (Å²) in [4.78, 5) is 20.4. The Balaban J connectivity index is 1.89.